The summed E-state index contributed by atoms with van der Waals surface area (Å²) in [5.41, 5.74) is 6.01. The zero-order valence-electron chi connectivity index (χ0n) is 15.8. The van der Waals surface area contributed by atoms with E-state index in [4.69, 9.17) is 21.1 Å². The van der Waals surface area contributed by atoms with Crippen LogP contribution in [0, 0.1) is 0 Å². The summed E-state index contributed by atoms with van der Waals surface area (Å²) < 4.78 is 12.2. The van der Waals surface area contributed by atoms with Gasteiger partial charge in [-0.05, 0) is 43.3 Å². The first-order valence-corrected chi connectivity index (χ1v) is 9.11. The van der Waals surface area contributed by atoms with Crippen molar-refractivity contribution < 1.29 is 19.1 Å². The minimum atomic E-state index is -0.510. The zero-order chi connectivity index (χ0) is 20.8. The third-order valence-electron chi connectivity index (χ3n) is 3.93. The number of hydrogen-bond acceptors (Lipinski definition) is 5. The monoisotopic (exact) mass is 414 g/mol. The smallest absolute Gasteiger partial charge is 0.272 e. The van der Waals surface area contributed by atoms with Crippen molar-refractivity contribution in [3.63, 3.8) is 0 Å². The van der Waals surface area contributed by atoms with Gasteiger partial charge < -0.3 is 9.47 Å². The van der Waals surface area contributed by atoms with Crippen LogP contribution in [-0.2, 0) is 0 Å². The maximum atomic E-state index is 12.3. The van der Waals surface area contributed by atoms with Crippen molar-refractivity contribution >= 4 is 23.4 Å². The van der Waals surface area contributed by atoms with Crippen LogP contribution in [0.1, 0.15) is 27.6 Å². The highest BCUT2D eigenvalue weighted by Crippen LogP contribution is 2.27. The molecular formula is C20H19ClN4O4. The summed E-state index contributed by atoms with van der Waals surface area (Å²) in [4.78, 5) is 24.6. The van der Waals surface area contributed by atoms with Gasteiger partial charge in [-0.15, -0.1) is 0 Å². The third kappa shape index (κ3) is 4.85. The van der Waals surface area contributed by atoms with Crippen molar-refractivity contribution in [1.82, 2.24) is 20.6 Å². The molecule has 0 aliphatic heterocycles. The number of amides is 2. The summed E-state index contributed by atoms with van der Waals surface area (Å²) >= 11 is 5.97. The van der Waals surface area contributed by atoms with Gasteiger partial charge in [-0.3, -0.25) is 20.4 Å². The molecule has 2 aromatic carbocycles. The molecule has 0 radical (unpaired) electrons. The number of hydrazine groups is 1. The number of rotatable bonds is 6. The Hall–Kier alpha value is -3.52. The number of hydrogen-bond donors (Lipinski definition) is 2. The second-order valence-corrected chi connectivity index (χ2v) is 6.30. The highest BCUT2D eigenvalue weighted by molar-refractivity contribution is 6.30. The molecule has 2 amide bonds. The van der Waals surface area contributed by atoms with E-state index >= 15 is 0 Å². The molecule has 0 spiro atoms. The number of methoxy groups -OCH3 is 1. The first-order valence-electron chi connectivity index (χ1n) is 8.74. The number of ether oxygens (including phenoxy) is 2. The molecule has 0 saturated heterocycles. The quantitative estimate of drug-likeness (QED) is 0.604. The minimum absolute atomic E-state index is 0.273. The number of carbonyl (C=O) groups excluding carboxylic acids is 2. The van der Waals surface area contributed by atoms with E-state index in [1.807, 2.05) is 13.0 Å². The number of halogens is 1. The second kappa shape index (κ2) is 9.11. The van der Waals surface area contributed by atoms with Gasteiger partial charge in [0.15, 0.2) is 11.5 Å². The Kier molecular flexibility index (Phi) is 6.36. The Bertz CT molecular complexity index is 1030. The lowest BCUT2D eigenvalue weighted by atomic mass is 10.2. The van der Waals surface area contributed by atoms with Crippen LogP contribution in [0.2, 0.25) is 5.02 Å². The van der Waals surface area contributed by atoms with Crippen LogP contribution in [0.5, 0.6) is 11.5 Å². The van der Waals surface area contributed by atoms with Gasteiger partial charge in [0.25, 0.3) is 11.8 Å². The molecular weight excluding hydrogens is 396 g/mol. The average molecular weight is 415 g/mol. The van der Waals surface area contributed by atoms with Gasteiger partial charge in [0.05, 0.1) is 31.2 Å². The van der Waals surface area contributed by atoms with Crippen LogP contribution >= 0.6 is 11.6 Å². The number of nitrogens with zero attached hydrogens (tertiary/aromatic N) is 2. The Balaban J connectivity index is 1.64. The second-order valence-electron chi connectivity index (χ2n) is 5.86. The van der Waals surface area contributed by atoms with Crippen molar-refractivity contribution in [2.24, 2.45) is 0 Å². The summed E-state index contributed by atoms with van der Waals surface area (Å²) in [6, 6.07) is 11.8. The molecule has 0 bridgehead atoms. The van der Waals surface area contributed by atoms with E-state index in [0.29, 0.717) is 34.4 Å². The molecule has 0 aliphatic carbocycles. The van der Waals surface area contributed by atoms with Crippen LogP contribution in [0.15, 0.2) is 54.9 Å². The number of nitrogens with one attached hydrogen (secondary N) is 2. The summed E-state index contributed by atoms with van der Waals surface area (Å²) in [7, 11) is 1.49. The van der Waals surface area contributed by atoms with E-state index in [2.05, 4.69) is 16.0 Å². The van der Waals surface area contributed by atoms with Gasteiger partial charge in [-0.2, -0.15) is 5.10 Å². The molecule has 150 valence electrons. The fraction of sp³-hybridized carbons (Fsp3) is 0.150. The van der Waals surface area contributed by atoms with Gasteiger partial charge in [-0.1, -0.05) is 17.7 Å². The molecule has 0 saturated carbocycles. The molecule has 0 fully saturated rings. The van der Waals surface area contributed by atoms with E-state index < -0.39 is 11.8 Å². The Morgan fingerprint density at radius 3 is 2.52 bits per heavy atom. The largest absolute Gasteiger partial charge is 0.493 e. The Morgan fingerprint density at radius 1 is 1.07 bits per heavy atom. The summed E-state index contributed by atoms with van der Waals surface area (Å²) in [5, 5.41) is 4.70. The molecule has 3 rings (SSSR count). The van der Waals surface area contributed by atoms with Crippen molar-refractivity contribution in [3.05, 3.63) is 71.0 Å². The fourth-order valence-electron chi connectivity index (χ4n) is 2.54. The minimum Gasteiger partial charge on any atom is -0.493 e. The first-order chi connectivity index (χ1) is 14.0. The van der Waals surface area contributed by atoms with Gasteiger partial charge >= 0.3 is 0 Å². The molecule has 9 heteroatoms. The van der Waals surface area contributed by atoms with Gasteiger partial charge in [-0.25, -0.2) is 4.68 Å². The van der Waals surface area contributed by atoms with E-state index in [9.17, 15) is 9.59 Å². The lowest BCUT2D eigenvalue weighted by Crippen LogP contribution is -2.41. The van der Waals surface area contributed by atoms with Gasteiger partial charge in [0, 0.05) is 16.8 Å². The van der Waals surface area contributed by atoms with Crippen molar-refractivity contribution in [1.29, 1.82) is 0 Å². The SMILES string of the molecule is CCOc1ccc(C(=O)NNC(=O)c2cnn(-c3cccc(Cl)c3)c2)cc1OC. The van der Waals surface area contributed by atoms with Gasteiger partial charge in [0.2, 0.25) is 0 Å². The van der Waals surface area contributed by atoms with Crippen LogP contribution in [0.3, 0.4) is 0 Å². The molecule has 1 heterocycles. The molecule has 0 unspecified atom stereocenters. The normalized spacial score (nSPS) is 10.3. The van der Waals surface area contributed by atoms with Crippen molar-refractivity contribution in [2.75, 3.05) is 13.7 Å². The van der Waals surface area contributed by atoms with E-state index in [-0.39, 0.29) is 5.56 Å². The highest BCUT2D eigenvalue weighted by atomic mass is 35.5. The topological polar surface area (TPSA) is 94.5 Å². The van der Waals surface area contributed by atoms with E-state index in [0.717, 1.165) is 0 Å². The van der Waals surface area contributed by atoms with Gasteiger partial charge in [0.1, 0.15) is 0 Å². The number of benzene rings is 2. The molecule has 3 aromatic rings. The zero-order valence-corrected chi connectivity index (χ0v) is 16.6. The fourth-order valence-corrected chi connectivity index (χ4v) is 2.73. The lowest BCUT2D eigenvalue weighted by molar-refractivity contribution is 0.0846. The summed E-state index contributed by atoms with van der Waals surface area (Å²) in [6.45, 7) is 2.32. The Morgan fingerprint density at radius 2 is 1.83 bits per heavy atom. The van der Waals surface area contributed by atoms with Crippen LogP contribution in [0.25, 0.3) is 5.69 Å². The molecule has 2 N–H and O–H groups in total. The molecule has 0 atom stereocenters. The number of carbonyl (C=O) groups is 2. The summed E-state index contributed by atoms with van der Waals surface area (Å²) in [6.07, 6.45) is 2.93. The molecule has 1 aromatic heterocycles. The Labute approximate surface area is 172 Å². The molecule has 0 aliphatic rings. The number of aromatic nitrogens is 2. The third-order valence-corrected chi connectivity index (χ3v) is 4.17. The highest BCUT2D eigenvalue weighted by Gasteiger charge is 2.14. The van der Waals surface area contributed by atoms with Crippen LogP contribution in [-0.4, -0.2) is 35.3 Å². The molecule has 29 heavy (non-hydrogen) atoms. The van der Waals surface area contributed by atoms with Crippen LogP contribution in [0.4, 0.5) is 0 Å². The predicted molar refractivity (Wildman–Crippen MR) is 108 cm³/mol. The van der Waals surface area contributed by atoms with Crippen LogP contribution < -0.4 is 20.3 Å². The predicted octanol–water partition coefficient (Wildman–Crippen LogP) is 3.01. The maximum absolute atomic E-state index is 12.3. The van der Waals surface area contributed by atoms with Crippen molar-refractivity contribution in [3.8, 4) is 17.2 Å². The lowest BCUT2D eigenvalue weighted by Gasteiger charge is -2.11. The standard InChI is InChI=1S/C20H19ClN4O4/c1-3-29-17-8-7-13(9-18(17)28-2)19(26)23-24-20(27)14-11-22-25(12-14)16-6-4-5-15(21)10-16/h4-12H,3H2,1-2H3,(H,23,26)(H,24,27). The average Bonchev–Trinajstić information content (AvgIpc) is 3.22. The summed E-state index contributed by atoms with van der Waals surface area (Å²) in [5.74, 6) is -0.0518. The maximum Gasteiger partial charge on any atom is 0.272 e. The first kappa shape index (κ1) is 20.2. The van der Waals surface area contributed by atoms with E-state index in [1.165, 1.54) is 30.3 Å². The van der Waals surface area contributed by atoms with Crippen molar-refractivity contribution in [2.45, 2.75) is 6.92 Å². The molecule has 8 nitrogen and oxygen atoms in total. The van der Waals surface area contributed by atoms with E-state index in [1.54, 1.807) is 30.3 Å².